The molecule has 0 aromatic rings. The fourth-order valence-corrected chi connectivity index (χ4v) is 4.88. The summed E-state index contributed by atoms with van der Waals surface area (Å²) >= 11 is 0. The van der Waals surface area contributed by atoms with Gasteiger partial charge in [-0.05, 0) is 70.6 Å². The van der Waals surface area contributed by atoms with Crippen molar-refractivity contribution in [2.45, 2.75) is 110 Å². The zero-order valence-electron chi connectivity index (χ0n) is 31.3. The van der Waals surface area contributed by atoms with E-state index in [9.17, 15) is 14.3 Å². The van der Waals surface area contributed by atoms with Crippen LogP contribution in [0.1, 0.15) is 104 Å². The Kier molecular flexibility index (Phi) is 31.3. The zero-order chi connectivity index (χ0) is 36.3. The van der Waals surface area contributed by atoms with Gasteiger partial charge in [0.2, 0.25) is 0 Å². The molecule has 0 aliphatic rings. The highest BCUT2D eigenvalue weighted by atomic mass is 31.2. The van der Waals surface area contributed by atoms with Gasteiger partial charge in [0.05, 0.1) is 34.4 Å². The molecule has 0 aromatic carbocycles. The summed E-state index contributed by atoms with van der Waals surface area (Å²) in [7, 11) is 1.31. The van der Waals surface area contributed by atoms with E-state index in [0.29, 0.717) is 24.1 Å². The van der Waals surface area contributed by atoms with Gasteiger partial charge in [0.1, 0.15) is 19.3 Å². The monoisotopic (exact) mass is 705 g/mol. The van der Waals surface area contributed by atoms with E-state index in [0.717, 1.165) is 77.0 Å². The van der Waals surface area contributed by atoms with Crippen molar-refractivity contribution in [3.05, 3.63) is 85.1 Å². The summed E-state index contributed by atoms with van der Waals surface area (Å²) < 4.78 is 33.7. The number of hydrogen-bond acceptors (Lipinski definition) is 7. The maximum Gasteiger partial charge on any atom is 0.306 e. The molecule has 0 saturated carbocycles. The molecular formula is C40H68NO7P. The SMILES string of the molecule is CC/C=C\C/C=C\C/C=C\C/C=C\C/C=C\C/C=C\C/C=C\CCCCCCOCC(COP(=O)([O-])OCC[N+](C)(C)C)OC(=O)CCC. The Bertz CT molecular complexity index is 1050. The maximum atomic E-state index is 12.1. The van der Waals surface area contributed by atoms with Crippen molar-refractivity contribution in [1.82, 2.24) is 0 Å². The van der Waals surface area contributed by atoms with Crippen LogP contribution in [0.15, 0.2) is 85.1 Å². The molecule has 0 fully saturated rings. The summed E-state index contributed by atoms with van der Waals surface area (Å²) in [5, 5.41) is 0. The molecule has 0 aromatic heterocycles. The number of hydrogen-bond donors (Lipinski definition) is 0. The summed E-state index contributed by atoms with van der Waals surface area (Å²) in [5.74, 6) is -0.403. The van der Waals surface area contributed by atoms with Crippen LogP contribution in [0.5, 0.6) is 0 Å². The first-order chi connectivity index (χ1) is 23.6. The fourth-order valence-electron chi connectivity index (χ4n) is 4.15. The second-order valence-corrected chi connectivity index (χ2v) is 14.3. The molecule has 280 valence electrons. The molecule has 0 N–H and O–H groups in total. The first kappa shape index (κ1) is 46.7. The highest BCUT2D eigenvalue weighted by molar-refractivity contribution is 7.45. The number of rotatable bonds is 32. The van der Waals surface area contributed by atoms with Crippen LogP contribution in [0.4, 0.5) is 0 Å². The highest BCUT2D eigenvalue weighted by Crippen LogP contribution is 2.38. The summed E-state index contributed by atoms with van der Waals surface area (Å²) in [6.45, 7) is 4.81. The molecule has 0 bridgehead atoms. The normalized spacial score (nSPS) is 15.0. The Hall–Kier alpha value is -2.32. The minimum atomic E-state index is -4.50. The number of phosphoric ester groups is 1. The lowest BCUT2D eigenvalue weighted by atomic mass is 10.1. The molecule has 0 amide bonds. The van der Waals surface area contributed by atoms with E-state index in [2.05, 4.69) is 92.0 Å². The second-order valence-electron chi connectivity index (χ2n) is 12.9. The van der Waals surface area contributed by atoms with Crippen molar-refractivity contribution < 1.29 is 37.3 Å². The van der Waals surface area contributed by atoms with Gasteiger partial charge in [-0.2, -0.15) is 0 Å². The molecule has 0 aliphatic heterocycles. The minimum Gasteiger partial charge on any atom is -0.756 e. The third-order valence-electron chi connectivity index (χ3n) is 6.93. The van der Waals surface area contributed by atoms with Crippen molar-refractivity contribution in [3.63, 3.8) is 0 Å². The van der Waals surface area contributed by atoms with E-state index < -0.39 is 19.9 Å². The van der Waals surface area contributed by atoms with E-state index in [1.165, 1.54) is 0 Å². The third kappa shape index (κ3) is 36.8. The van der Waals surface area contributed by atoms with Gasteiger partial charge >= 0.3 is 5.97 Å². The molecule has 0 aliphatic carbocycles. The van der Waals surface area contributed by atoms with Crippen LogP contribution < -0.4 is 4.89 Å². The summed E-state index contributed by atoms with van der Waals surface area (Å²) in [6, 6.07) is 0. The second kappa shape index (κ2) is 32.9. The average molecular weight is 706 g/mol. The van der Waals surface area contributed by atoms with Crippen molar-refractivity contribution >= 4 is 13.8 Å². The standard InChI is InChI=1S/C40H68NO7P/c1-6-8-9-10-11-12-13-14-15-16-17-18-19-20-21-22-23-24-25-26-27-28-29-30-31-32-35-45-37-39(48-40(42)33-7-2)38-47-49(43,44)46-36-34-41(3,4)5/h8-9,11-12,14-15,17-18,20-21,23-24,26-27,39H,6-7,10,13,16,19,22,25,28-38H2,1-5H3/b9-8-,12-11-,15-14-,18-17-,21-20-,24-23-,27-26-. The van der Waals surface area contributed by atoms with E-state index in [4.69, 9.17) is 18.5 Å². The van der Waals surface area contributed by atoms with Crippen LogP contribution in [0.2, 0.25) is 0 Å². The van der Waals surface area contributed by atoms with E-state index in [1.807, 2.05) is 28.1 Å². The van der Waals surface area contributed by atoms with Gasteiger partial charge in [0, 0.05) is 13.0 Å². The third-order valence-corrected chi connectivity index (χ3v) is 7.89. The van der Waals surface area contributed by atoms with Gasteiger partial charge in [-0.3, -0.25) is 9.36 Å². The van der Waals surface area contributed by atoms with Crippen molar-refractivity contribution in [2.24, 2.45) is 0 Å². The molecule has 0 saturated heterocycles. The Morgan fingerprint density at radius 1 is 0.653 bits per heavy atom. The number of likely N-dealkylation sites (N-methyl/N-ethyl adjacent to an activating group) is 1. The number of nitrogens with zero attached hydrogens (tertiary/aromatic N) is 1. The van der Waals surface area contributed by atoms with Crippen LogP contribution in [0.3, 0.4) is 0 Å². The van der Waals surface area contributed by atoms with Crippen LogP contribution in [-0.4, -0.2) is 70.7 Å². The lowest BCUT2D eigenvalue weighted by Crippen LogP contribution is -2.37. The van der Waals surface area contributed by atoms with Gasteiger partial charge in [-0.1, -0.05) is 112 Å². The van der Waals surface area contributed by atoms with E-state index in [-0.39, 0.29) is 26.2 Å². The average Bonchev–Trinajstić information content (AvgIpc) is 3.04. The number of carbonyl (C=O) groups is 1. The highest BCUT2D eigenvalue weighted by Gasteiger charge is 2.20. The molecular weight excluding hydrogens is 637 g/mol. The lowest BCUT2D eigenvalue weighted by molar-refractivity contribution is -0.870. The molecule has 0 rings (SSSR count). The first-order valence-electron chi connectivity index (χ1n) is 18.3. The molecule has 2 unspecified atom stereocenters. The summed E-state index contributed by atoms with van der Waals surface area (Å²) in [4.78, 5) is 24.1. The smallest absolute Gasteiger partial charge is 0.306 e. The van der Waals surface area contributed by atoms with Gasteiger partial charge in [-0.15, -0.1) is 0 Å². The molecule has 0 spiro atoms. The number of carbonyl (C=O) groups excluding carboxylic acids is 1. The largest absolute Gasteiger partial charge is 0.756 e. The van der Waals surface area contributed by atoms with Gasteiger partial charge in [0.25, 0.3) is 7.82 Å². The van der Waals surface area contributed by atoms with Crippen LogP contribution in [0, 0.1) is 0 Å². The zero-order valence-corrected chi connectivity index (χ0v) is 32.2. The molecule has 49 heavy (non-hydrogen) atoms. The predicted molar refractivity (Wildman–Crippen MR) is 203 cm³/mol. The topological polar surface area (TPSA) is 94.1 Å². The Labute approximate surface area is 299 Å². The van der Waals surface area contributed by atoms with Crippen LogP contribution in [-0.2, 0) is 27.9 Å². The molecule has 9 heteroatoms. The van der Waals surface area contributed by atoms with Gasteiger partial charge < -0.3 is 27.9 Å². The number of quaternary nitrogens is 1. The fraction of sp³-hybridized carbons (Fsp3) is 0.625. The Morgan fingerprint density at radius 3 is 1.63 bits per heavy atom. The molecule has 8 nitrogen and oxygen atoms in total. The van der Waals surface area contributed by atoms with Gasteiger partial charge in [-0.25, -0.2) is 0 Å². The molecule has 0 heterocycles. The van der Waals surface area contributed by atoms with Crippen LogP contribution in [0.25, 0.3) is 0 Å². The van der Waals surface area contributed by atoms with Crippen molar-refractivity contribution in [2.75, 3.05) is 54.1 Å². The van der Waals surface area contributed by atoms with E-state index in [1.54, 1.807) is 0 Å². The predicted octanol–water partition coefficient (Wildman–Crippen LogP) is 9.52. The molecule has 0 radical (unpaired) electrons. The van der Waals surface area contributed by atoms with Gasteiger partial charge in [0.15, 0.2) is 0 Å². The minimum absolute atomic E-state index is 0.0142. The van der Waals surface area contributed by atoms with E-state index >= 15 is 0 Å². The Balaban J connectivity index is 3.94. The number of esters is 1. The number of ether oxygens (including phenoxy) is 2. The van der Waals surface area contributed by atoms with Crippen molar-refractivity contribution in [3.8, 4) is 0 Å². The molecule has 2 atom stereocenters. The summed E-state index contributed by atoms with van der Waals surface area (Å²) in [6.07, 6.45) is 43.3. The van der Waals surface area contributed by atoms with Crippen LogP contribution >= 0.6 is 7.82 Å². The lowest BCUT2D eigenvalue weighted by Gasteiger charge is -2.28. The Morgan fingerprint density at radius 2 is 1.14 bits per heavy atom. The maximum absolute atomic E-state index is 12.1. The quantitative estimate of drug-likeness (QED) is 0.0226. The number of phosphoric acid groups is 1. The number of allylic oxidation sites excluding steroid dienone is 14. The first-order valence-corrected chi connectivity index (χ1v) is 19.8. The number of unbranched alkanes of at least 4 members (excludes halogenated alkanes) is 4. The summed E-state index contributed by atoms with van der Waals surface area (Å²) in [5.41, 5.74) is 0. The van der Waals surface area contributed by atoms with Crippen molar-refractivity contribution in [1.29, 1.82) is 0 Å².